The molecule has 0 atom stereocenters. The number of likely N-dealkylation sites (tertiary alicyclic amines) is 1. The molecule has 1 saturated heterocycles. The smallest absolute Gasteiger partial charge is 0.123 e. The number of hydrogen-bond acceptors (Lipinski definition) is 1. The molecular formula is C13H16FN. The molecule has 1 heterocycles. The molecule has 1 nitrogen and oxygen atoms in total. The van der Waals surface area contributed by atoms with Gasteiger partial charge in [-0.15, -0.1) is 0 Å². The minimum Gasteiger partial charge on any atom is -0.377 e. The normalized spacial score (nSPS) is 17.3. The van der Waals surface area contributed by atoms with Crippen molar-refractivity contribution in [3.63, 3.8) is 0 Å². The number of hydrogen-bond donors (Lipinski definition) is 0. The van der Waals surface area contributed by atoms with Crippen LogP contribution in [0.5, 0.6) is 0 Å². The van der Waals surface area contributed by atoms with Crippen molar-refractivity contribution in [3.05, 3.63) is 41.8 Å². The van der Waals surface area contributed by atoms with E-state index < -0.39 is 0 Å². The Morgan fingerprint density at radius 3 is 2.67 bits per heavy atom. The Morgan fingerprint density at radius 2 is 1.93 bits per heavy atom. The Labute approximate surface area is 90.2 Å². The van der Waals surface area contributed by atoms with Gasteiger partial charge >= 0.3 is 0 Å². The molecule has 0 radical (unpaired) electrons. The van der Waals surface area contributed by atoms with Crippen molar-refractivity contribution in [1.29, 1.82) is 0 Å². The van der Waals surface area contributed by atoms with E-state index in [0.717, 1.165) is 18.7 Å². The Kier molecular flexibility index (Phi) is 3.38. The summed E-state index contributed by atoms with van der Waals surface area (Å²) in [5, 5.41) is 0. The first-order valence-corrected chi connectivity index (χ1v) is 5.52. The van der Waals surface area contributed by atoms with Gasteiger partial charge in [0.05, 0.1) is 0 Å². The molecule has 1 aliphatic rings. The van der Waals surface area contributed by atoms with Gasteiger partial charge in [0.25, 0.3) is 0 Å². The molecule has 2 rings (SSSR count). The lowest BCUT2D eigenvalue weighted by molar-refractivity contribution is 0.311. The molecule has 0 amide bonds. The fourth-order valence-electron chi connectivity index (χ4n) is 1.87. The standard InChI is InChI=1S/C13H16FN/c14-13-6-4-5-12(11-13)7-10-15-8-2-1-3-9-15/h4-7,10-11H,1-3,8-9H2. The van der Waals surface area contributed by atoms with Crippen molar-refractivity contribution in [2.24, 2.45) is 0 Å². The van der Waals surface area contributed by atoms with E-state index in [2.05, 4.69) is 11.1 Å². The SMILES string of the molecule is Fc1cccc(C=CN2CCCCC2)c1. The molecule has 0 unspecified atom stereocenters. The van der Waals surface area contributed by atoms with Crippen LogP contribution in [-0.4, -0.2) is 18.0 Å². The Morgan fingerprint density at radius 1 is 1.13 bits per heavy atom. The second kappa shape index (κ2) is 4.96. The fraction of sp³-hybridized carbons (Fsp3) is 0.385. The van der Waals surface area contributed by atoms with Gasteiger partial charge in [-0.3, -0.25) is 0 Å². The number of piperidine rings is 1. The van der Waals surface area contributed by atoms with Gasteiger partial charge in [-0.25, -0.2) is 4.39 Å². The zero-order valence-electron chi connectivity index (χ0n) is 8.82. The summed E-state index contributed by atoms with van der Waals surface area (Å²) in [6.45, 7) is 2.26. The largest absolute Gasteiger partial charge is 0.377 e. The van der Waals surface area contributed by atoms with Crippen molar-refractivity contribution in [1.82, 2.24) is 4.90 Å². The summed E-state index contributed by atoms with van der Waals surface area (Å²) in [7, 11) is 0. The van der Waals surface area contributed by atoms with E-state index in [9.17, 15) is 4.39 Å². The molecule has 1 aliphatic heterocycles. The van der Waals surface area contributed by atoms with Gasteiger partial charge in [-0.05, 0) is 49.2 Å². The minimum atomic E-state index is -0.171. The van der Waals surface area contributed by atoms with Crippen LogP contribution in [0.25, 0.3) is 6.08 Å². The van der Waals surface area contributed by atoms with E-state index in [-0.39, 0.29) is 5.82 Å². The molecule has 15 heavy (non-hydrogen) atoms. The van der Waals surface area contributed by atoms with Crippen LogP contribution in [0, 0.1) is 5.82 Å². The zero-order valence-corrected chi connectivity index (χ0v) is 8.82. The van der Waals surface area contributed by atoms with Gasteiger partial charge in [0.1, 0.15) is 5.82 Å². The van der Waals surface area contributed by atoms with Gasteiger partial charge in [0.15, 0.2) is 0 Å². The fourth-order valence-corrected chi connectivity index (χ4v) is 1.87. The van der Waals surface area contributed by atoms with E-state index in [1.165, 1.54) is 25.3 Å². The van der Waals surface area contributed by atoms with Gasteiger partial charge in [0.2, 0.25) is 0 Å². The van der Waals surface area contributed by atoms with E-state index in [0.29, 0.717) is 0 Å². The average Bonchev–Trinajstić information content (AvgIpc) is 2.28. The van der Waals surface area contributed by atoms with Crippen LogP contribution in [0.15, 0.2) is 30.5 Å². The van der Waals surface area contributed by atoms with E-state index in [1.54, 1.807) is 12.1 Å². The van der Waals surface area contributed by atoms with Crippen molar-refractivity contribution >= 4 is 6.08 Å². The third-order valence-corrected chi connectivity index (χ3v) is 2.72. The summed E-state index contributed by atoms with van der Waals surface area (Å²) in [6, 6.07) is 6.69. The van der Waals surface area contributed by atoms with Crippen LogP contribution in [0.4, 0.5) is 4.39 Å². The maximum atomic E-state index is 12.9. The summed E-state index contributed by atoms with van der Waals surface area (Å²) < 4.78 is 12.9. The summed E-state index contributed by atoms with van der Waals surface area (Å²) in [5.74, 6) is -0.171. The molecule has 0 spiro atoms. The van der Waals surface area contributed by atoms with Crippen LogP contribution in [0.1, 0.15) is 24.8 Å². The van der Waals surface area contributed by atoms with Crippen LogP contribution >= 0.6 is 0 Å². The number of nitrogens with zero attached hydrogens (tertiary/aromatic N) is 1. The van der Waals surface area contributed by atoms with Crippen molar-refractivity contribution in [2.45, 2.75) is 19.3 Å². The zero-order chi connectivity index (χ0) is 10.5. The topological polar surface area (TPSA) is 3.24 Å². The maximum Gasteiger partial charge on any atom is 0.123 e. The molecule has 2 heteroatoms. The van der Waals surface area contributed by atoms with Crippen molar-refractivity contribution in [2.75, 3.05) is 13.1 Å². The molecule has 0 bridgehead atoms. The molecule has 1 fully saturated rings. The predicted octanol–water partition coefficient (Wildman–Crippen LogP) is 3.28. The molecule has 0 aliphatic carbocycles. The molecule has 1 aromatic carbocycles. The predicted molar refractivity (Wildman–Crippen MR) is 60.9 cm³/mol. The van der Waals surface area contributed by atoms with Gasteiger partial charge in [-0.1, -0.05) is 12.1 Å². The van der Waals surface area contributed by atoms with Crippen molar-refractivity contribution < 1.29 is 4.39 Å². The molecule has 0 N–H and O–H groups in total. The first-order valence-electron chi connectivity index (χ1n) is 5.52. The van der Waals surface area contributed by atoms with Crippen LogP contribution in [-0.2, 0) is 0 Å². The highest BCUT2D eigenvalue weighted by molar-refractivity contribution is 5.48. The first kappa shape index (κ1) is 10.2. The quantitative estimate of drug-likeness (QED) is 0.716. The Hall–Kier alpha value is -1.31. The van der Waals surface area contributed by atoms with E-state index in [1.807, 2.05) is 12.1 Å². The number of halogens is 1. The molecule has 80 valence electrons. The number of rotatable bonds is 2. The molecule has 0 saturated carbocycles. The average molecular weight is 205 g/mol. The van der Waals surface area contributed by atoms with Crippen molar-refractivity contribution in [3.8, 4) is 0 Å². The Bertz CT molecular complexity index is 340. The maximum absolute atomic E-state index is 12.9. The van der Waals surface area contributed by atoms with Gasteiger partial charge < -0.3 is 4.90 Å². The number of benzene rings is 1. The summed E-state index contributed by atoms with van der Waals surface area (Å²) in [6.07, 6.45) is 7.94. The first-order chi connectivity index (χ1) is 7.34. The summed E-state index contributed by atoms with van der Waals surface area (Å²) in [5.41, 5.74) is 0.931. The third kappa shape index (κ3) is 3.08. The highest BCUT2D eigenvalue weighted by atomic mass is 19.1. The third-order valence-electron chi connectivity index (χ3n) is 2.72. The van der Waals surface area contributed by atoms with Crippen LogP contribution in [0.2, 0.25) is 0 Å². The van der Waals surface area contributed by atoms with Crippen LogP contribution < -0.4 is 0 Å². The lowest BCUT2D eigenvalue weighted by Crippen LogP contribution is -2.23. The molecule has 0 aromatic heterocycles. The van der Waals surface area contributed by atoms with E-state index in [4.69, 9.17) is 0 Å². The van der Waals surface area contributed by atoms with Gasteiger partial charge in [-0.2, -0.15) is 0 Å². The highest BCUT2D eigenvalue weighted by Gasteiger charge is 2.04. The van der Waals surface area contributed by atoms with Gasteiger partial charge in [0, 0.05) is 13.1 Å². The summed E-state index contributed by atoms with van der Waals surface area (Å²) >= 11 is 0. The monoisotopic (exact) mass is 205 g/mol. The second-order valence-corrected chi connectivity index (χ2v) is 3.97. The minimum absolute atomic E-state index is 0.171. The molecular weight excluding hydrogens is 189 g/mol. The second-order valence-electron chi connectivity index (χ2n) is 3.97. The lowest BCUT2D eigenvalue weighted by Gasteiger charge is -2.24. The van der Waals surface area contributed by atoms with E-state index >= 15 is 0 Å². The van der Waals surface area contributed by atoms with Crippen LogP contribution in [0.3, 0.4) is 0 Å². The Balaban J connectivity index is 1.97. The summed E-state index contributed by atoms with van der Waals surface area (Å²) in [4.78, 5) is 2.30. The highest BCUT2D eigenvalue weighted by Crippen LogP contribution is 2.11. The lowest BCUT2D eigenvalue weighted by atomic mass is 10.1. The molecule has 1 aromatic rings.